The molecular formula is C21H17N. The summed E-state index contributed by atoms with van der Waals surface area (Å²) in [7, 11) is 0. The summed E-state index contributed by atoms with van der Waals surface area (Å²) >= 11 is 0. The molecule has 0 fully saturated rings. The second kappa shape index (κ2) is 6.68. The van der Waals surface area contributed by atoms with Crippen LogP contribution in [0.25, 0.3) is 17.2 Å². The molecule has 3 rings (SSSR count). The van der Waals surface area contributed by atoms with Gasteiger partial charge in [0, 0.05) is 6.21 Å². The Kier molecular flexibility index (Phi) is 4.26. The van der Waals surface area contributed by atoms with Gasteiger partial charge in [0.2, 0.25) is 0 Å². The van der Waals surface area contributed by atoms with Gasteiger partial charge in [-0.2, -0.15) is 0 Å². The second-order valence-corrected chi connectivity index (χ2v) is 5.04. The third-order valence-electron chi connectivity index (χ3n) is 3.51. The zero-order valence-corrected chi connectivity index (χ0v) is 12.3. The van der Waals surface area contributed by atoms with Crippen LogP contribution in [0.15, 0.2) is 90.4 Å². The normalized spacial score (nSPS) is 10.7. The Morgan fingerprint density at radius 2 is 1.18 bits per heavy atom. The largest absolute Gasteiger partial charge is 0.256 e. The Hall–Kier alpha value is -2.93. The molecule has 1 heteroatoms. The van der Waals surface area contributed by atoms with Crippen molar-refractivity contribution in [3.05, 3.63) is 96.6 Å². The summed E-state index contributed by atoms with van der Waals surface area (Å²) in [5.74, 6) is 0. The molecule has 3 aromatic carbocycles. The first-order chi connectivity index (χ1) is 10.8. The van der Waals surface area contributed by atoms with E-state index in [1.54, 1.807) is 0 Å². The number of hydrogen-bond donors (Lipinski definition) is 0. The molecule has 0 amide bonds. The highest BCUT2D eigenvalue weighted by molar-refractivity contribution is 5.83. The molecule has 1 nitrogen and oxygen atoms in total. The van der Waals surface area contributed by atoms with Crippen LogP contribution in [0, 0.1) is 0 Å². The minimum absolute atomic E-state index is 0.964. The van der Waals surface area contributed by atoms with E-state index in [1.165, 1.54) is 11.1 Å². The van der Waals surface area contributed by atoms with E-state index in [2.05, 4.69) is 60.1 Å². The Labute approximate surface area is 131 Å². The van der Waals surface area contributed by atoms with Crippen LogP contribution in [0.1, 0.15) is 11.1 Å². The number of hydrogen-bond acceptors (Lipinski definition) is 1. The van der Waals surface area contributed by atoms with Crippen molar-refractivity contribution in [1.29, 1.82) is 0 Å². The van der Waals surface area contributed by atoms with Crippen LogP contribution < -0.4 is 0 Å². The zero-order chi connectivity index (χ0) is 15.2. The molecule has 3 aromatic rings. The van der Waals surface area contributed by atoms with Crippen molar-refractivity contribution >= 4 is 18.0 Å². The number of benzene rings is 3. The van der Waals surface area contributed by atoms with E-state index in [4.69, 9.17) is 0 Å². The van der Waals surface area contributed by atoms with Gasteiger partial charge in [0.05, 0.1) is 5.69 Å². The van der Waals surface area contributed by atoms with Crippen molar-refractivity contribution < 1.29 is 0 Å². The third-order valence-corrected chi connectivity index (χ3v) is 3.51. The predicted octanol–water partition coefficient (Wildman–Crippen LogP) is 5.75. The SMILES string of the molecule is C=Cc1ccc(-c2ccc(C=Nc3ccccc3)cc2)cc1. The van der Waals surface area contributed by atoms with Crippen LogP contribution in [0.2, 0.25) is 0 Å². The van der Waals surface area contributed by atoms with E-state index in [9.17, 15) is 0 Å². The van der Waals surface area contributed by atoms with Gasteiger partial charge in [-0.15, -0.1) is 0 Å². The van der Waals surface area contributed by atoms with Crippen molar-refractivity contribution in [3.8, 4) is 11.1 Å². The van der Waals surface area contributed by atoms with Gasteiger partial charge in [-0.25, -0.2) is 0 Å². The van der Waals surface area contributed by atoms with E-state index in [0.29, 0.717) is 0 Å². The van der Waals surface area contributed by atoms with Crippen LogP contribution in [0.3, 0.4) is 0 Å². The fraction of sp³-hybridized carbons (Fsp3) is 0. The molecule has 22 heavy (non-hydrogen) atoms. The molecule has 0 heterocycles. The lowest BCUT2D eigenvalue weighted by atomic mass is 10.0. The highest BCUT2D eigenvalue weighted by Gasteiger charge is 1.97. The fourth-order valence-corrected chi connectivity index (χ4v) is 2.24. The topological polar surface area (TPSA) is 12.4 Å². The van der Waals surface area contributed by atoms with Gasteiger partial charge in [-0.1, -0.05) is 79.4 Å². The van der Waals surface area contributed by atoms with Crippen LogP contribution >= 0.6 is 0 Å². The summed E-state index contributed by atoms with van der Waals surface area (Å²) in [6.45, 7) is 3.78. The summed E-state index contributed by atoms with van der Waals surface area (Å²) in [4.78, 5) is 4.47. The molecular weight excluding hydrogens is 266 g/mol. The monoisotopic (exact) mass is 283 g/mol. The maximum Gasteiger partial charge on any atom is 0.0629 e. The van der Waals surface area contributed by atoms with Crippen LogP contribution in [0.5, 0.6) is 0 Å². The maximum absolute atomic E-state index is 4.47. The standard InChI is InChI=1S/C21H17N/c1-2-17-8-12-19(13-9-17)20-14-10-18(11-15-20)16-22-21-6-4-3-5-7-21/h2-16H,1H2. The molecule has 106 valence electrons. The van der Waals surface area contributed by atoms with Crippen LogP contribution in [-0.2, 0) is 0 Å². The van der Waals surface area contributed by atoms with Gasteiger partial charge < -0.3 is 0 Å². The molecule has 0 N–H and O–H groups in total. The molecule has 0 unspecified atom stereocenters. The Bertz CT molecular complexity index is 766. The van der Waals surface area contributed by atoms with Gasteiger partial charge in [0.25, 0.3) is 0 Å². The van der Waals surface area contributed by atoms with E-state index in [0.717, 1.165) is 16.8 Å². The van der Waals surface area contributed by atoms with Gasteiger partial charge in [0.1, 0.15) is 0 Å². The quantitative estimate of drug-likeness (QED) is 0.541. The first-order valence-electron chi connectivity index (χ1n) is 7.27. The van der Waals surface area contributed by atoms with E-state index < -0.39 is 0 Å². The minimum atomic E-state index is 0.964. The number of aliphatic imine (C=N–C) groups is 1. The van der Waals surface area contributed by atoms with E-state index in [-0.39, 0.29) is 0 Å². The van der Waals surface area contributed by atoms with Gasteiger partial charge in [-0.3, -0.25) is 4.99 Å². The second-order valence-electron chi connectivity index (χ2n) is 5.04. The molecule has 0 aliphatic carbocycles. The highest BCUT2D eigenvalue weighted by Crippen LogP contribution is 2.20. The Morgan fingerprint density at radius 3 is 1.73 bits per heavy atom. The average molecular weight is 283 g/mol. The lowest BCUT2D eigenvalue weighted by molar-refractivity contribution is 1.52. The Morgan fingerprint density at radius 1 is 0.636 bits per heavy atom. The zero-order valence-electron chi connectivity index (χ0n) is 12.3. The number of rotatable bonds is 4. The minimum Gasteiger partial charge on any atom is -0.256 e. The summed E-state index contributed by atoms with van der Waals surface area (Å²) in [5, 5.41) is 0. The van der Waals surface area contributed by atoms with Crippen LogP contribution in [-0.4, -0.2) is 6.21 Å². The van der Waals surface area contributed by atoms with E-state index in [1.807, 2.05) is 42.6 Å². The first kappa shape index (κ1) is 14.0. The molecule has 0 spiro atoms. The maximum atomic E-state index is 4.47. The van der Waals surface area contributed by atoms with Gasteiger partial charge in [0.15, 0.2) is 0 Å². The number of nitrogens with zero attached hydrogens (tertiary/aromatic N) is 1. The third kappa shape index (κ3) is 3.39. The van der Waals surface area contributed by atoms with Crippen molar-refractivity contribution in [3.63, 3.8) is 0 Å². The van der Waals surface area contributed by atoms with Crippen molar-refractivity contribution in [2.45, 2.75) is 0 Å². The summed E-state index contributed by atoms with van der Waals surface area (Å²) in [5.41, 5.74) is 5.60. The van der Waals surface area contributed by atoms with Gasteiger partial charge >= 0.3 is 0 Å². The highest BCUT2D eigenvalue weighted by atomic mass is 14.7. The molecule has 0 radical (unpaired) electrons. The molecule has 0 aromatic heterocycles. The first-order valence-corrected chi connectivity index (χ1v) is 7.27. The number of para-hydroxylation sites is 1. The van der Waals surface area contributed by atoms with Crippen molar-refractivity contribution in [2.24, 2.45) is 4.99 Å². The van der Waals surface area contributed by atoms with E-state index >= 15 is 0 Å². The van der Waals surface area contributed by atoms with Crippen molar-refractivity contribution in [2.75, 3.05) is 0 Å². The van der Waals surface area contributed by atoms with Crippen LogP contribution in [0.4, 0.5) is 5.69 Å². The van der Waals surface area contributed by atoms with Gasteiger partial charge in [-0.05, 0) is 34.4 Å². The molecule has 0 aliphatic heterocycles. The summed E-state index contributed by atoms with van der Waals surface area (Å²) in [6, 6.07) is 26.8. The molecule has 0 aliphatic rings. The lowest BCUT2D eigenvalue weighted by Crippen LogP contribution is -1.82. The fourth-order valence-electron chi connectivity index (χ4n) is 2.24. The molecule has 0 atom stereocenters. The molecule has 0 saturated heterocycles. The summed E-state index contributed by atoms with van der Waals surface area (Å²) < 4.78 is 0. The lowest BCUT2D eigenvalue weighted by Gasteiger charge is -2.03. The molecule has 0 bridgehead atoms. The smallest absolute Gasteiger partial charge is 0.0629 e. The predicted molar refractivity (Wildman–Crippen MR) is 95.7 cm³/mol. The average Bonchev–Trinajstić information content (AvgIpc) is 2.61. The summed E-state index contributed by atoms with van der Waals surface area (Å²) in [6.07, 6.45) is 3.74. The Balaban J connectivity index is 1.77. The van der Waals surface area contributed by atoms with Crippen molar-refractivity contribution in [1.82, 2.24) is 0 Å². The molecule has 0 saturated carbocycles.